The minimum Gasteiger partial charge on any atom is -0.449 e. The Morgan fingerprint density at radius 3 is 2.65 bits per heavy atom. The van der Waals surface area contributed by atoms with Gasteiger partial charge in [-0.15, -0.1) is 0 Å². The molecule has 0 spiro atoms. The summed E-state index contributed by atoms with van der Waals surface area (Å²) in [5.41, 5.74) is 0.0768. The van der Waals surface area contributed by atoms with Gasteiger partial charge in [-0.3, -0.25) is 0 Å². The van der Waals surface area contributed by atoms with Gasteiger partial charge in [-0.1, -0.05) is 20.8 Å². The molecule has 1 heterocycles. The molecule has 0 radical (unpaired) electrons. The zero-order chi connectivity index (χ0) is 12.9. The van der Waals surface area contributed by atoms with Crippen molar-refractivity contribution in [1.82, 2.24) is 5.32 Å². The number of nitrogens with one attached hydrogen (secondary N) is 1. The van der Waals surface area contributed by atoms with Crippen LogP contribution in [0.25, 0.3) is 0 Å². The molecule has 2 N–H and O–H groups in total. The van der Waals surface area contributed by atoms with Crippen LogP contribution in [-0.4, -0.2) is 17.8 Å². The molecule has 1 unspecified atom stereocenters. The predicted molar refractivity (Wildman–Crippen MR) is 65.2 cm³/mol. The Balaban J connectivity index is 2.55. The molecule has 1 aromatic heterocycles. The molecule has 0 aliphatic heterocycles. The molecule has 1 rings (SSSR count). The van der Waals surface area contributed by atoms with E-state index in [1.54, 1.807) is 12.1 Å². The molecule has 17 heavy (non-hydrogen) atoms. The van der Waals surface area contributed by atoms with E-state index in [1.165, 1.54) is 0 Å². The maximum Gasteiger partial charge on any atom is 0.203 e. The first-order valence-corrected chi connectivity index (χ1v) is 5.80. The van der Waals surface area contributed by atoms with Gasteiger partial charge in [0, 0.05) is 12.6 Å². The zero-order valence-corrected chi connectivity index (χ0v) is 10.7. The summed E-state index contributed by atoms with van der Waals surface area (Å²) in [6.07, 6.45) is 0.704. The van der Waals surface area contributed by atoms with E-state index in [-0.39, 0.29) is 18.1 Å². The second-order valence-corrected chi connectivity index (χ2v) is 5.19. The average Bonchev–Trinajstić information content (AvgIpc) is 2.70. The second-order valence-electron chi connectivity index (χ2n) is 5.19. The van der Waals surface area contributed by atoms with Crippen LogP contribution >= 0.6 is 0 Å². The van der Waals surface area contributed by atoms with E-state index in [9.17, 15) is 0 Å². The molecule has 0 aliphatic rings. The summed E-state index contributed by atoms with van der Waals surface area (Å²) in [7, 11) is 0. The summed E-state index contributed by atoms with van der Waals surface area (Å²) >= 11 is 0. The van der Waals surface area contributed by atoms with Crippen LogP contribution in [0.5, 0.6) is 0 Å². The third kappa shape index (κ3) is 4.22. The Hall–Kier alpha value is -1.31. The molecule has 0 amide bonds. The fourth-order valence-corrected chi connectivity index (χ4v) is 1.73. The highest BCUT2D eigenvalue weighted by Gasteiger charge is 2.23. The number of rotatable bonds is 5. The topological polar surface area (TPSA) is 69.2 Å². The molecule has 0 fully saturated rings. The van der Waals surface area contributed by atoms with E-state index in [0.717, 1.165) is 5.76 Å². The summed E-state index contributed by atoms with van der Waals surface area (Å²) in [5, 5.41) is 21.0. The van der Waals surface area contributed by atoms with Crippen LogP contribution in [-0.2, 0) is 6.54 Å². The number of aliphatic hydroxyl groups is 1. The van der Waals surface area contributed by atoms with E-state index in [2.05, 4.69) is 26.1 Å². The highest BCUT2D eigenvalue weighted by Crippen LogP contribution is 2.22. The van der Waals surface area contributed by atoms with Gasteiger partial charge in [-0.2, -0.15) is 5.26 Å². The van der Waals surface area contributed by atoms with Crippen molar-refractivity contribution >= 4 is 0 Å². The lowest BCUT2D eigenvalue weighted by Crippen LogP contribution is -2.40. The van der Waals surface area contributed by atoms with Gasteiger partial charge >= 0.3 is 0 Å². The van der Waals surface area contributed by atoms with Gasteiger partial charge < -0.3 is 14.8 Å². The molecule has 1 atom stereocenters. The van der Waals surface area contributed by atoms with Crippen LogP contribution in [0.3, 0.4) is 0 Å². The smallest absolute Gasteiger partial charge is 0.203 e. The molecule has 0 aliphatic carbocycles. The van der Waals surface area contributed by atoms with Crippen molar-refractivity contribution in [2.24, 2.45) is 5.41 Å². The first-order valence-electron chi connectivity index (χ1n) is 5.80. The fraction of sp³-hybridized carbons (Fsp3) is 0.615. The first kappa shape index (κ1) is 13.8. The van der Waals surface area contributed by atoms with E-state index in [4.69, 9.17) is 14.8 Å². The highest BCUT2D eigenvalue weighted by molar-refractivity contribution is 5.19. The van der Waals surface area contributed by atoms with Gasteiger partial charge in [0.25, 0.3) is 0 Å². The third-order valence-corrected chi connectivity index (χ3v) is 2.76. The molecular weight excluding hydrogens is 216 g/mol. The number of hydrogen-bond acceptors (Lipinski definition) is 4. The molecule has 4 heteroatoms. The van der Waals surface area contributed by atoms with E-state index in [0.29, 0.717) is 18.7 Å². The lowest BCUT2D eigenvalue weighted by molar-refractivity contribution is 0.194. The summed E-state index contributed by atoms with van der Waals surface area (Å²) in [5.74, 6) is 1.07. The lowest BCUT2D eigenvalue weighted by Gasteiger charge is -2.31. The Kier molecular flexibility index (Phi) is 4.73. The van der Waals surface area contributed by atoms with Gasteiger partial charge in [-0.05, 0) is 24.0 Å². The van der Waals surface area contributed by atoms with Gasteiger partial charge in [-0.25, -0.2) is 0 Å². The second kappa shape index (κ2) is 5.85. The van der Waals surface area contributed by atoms with Crippen LogP contribution in [0.2, 0.25) is 0 Å². The Labute approximate surface area is 102 Å². The third-order valence-electron chi connectivity index (χ3n) is 2.76. The van der Waals surface area contributed by atoms with E-state index >= 15 is 0 Å². The lowest BCUT2D eigenvalue weighted by atomic mass is 9.85. The molecular formula is C13H20N2O2. The molecule has 0 bridgehead atoms. The van der Waals surface area contributed by atoms with Gasteiger partial charge in [0.05, 0.1) is 6.54 Å². The Morgan fingerprint density at radius 1 is 1.47 bits per heavy atom. The van der Waals surface area contributed by atoms with Crippen LogP contribution in [0, 0.1) is 16.7 Å². The number of nitriles is 1. The quantitative estimate of drug-likeness (QED) is 0.820. The van der Waals surface area contributed by atoms with Crippen LogP contribution in [0.15, 0.2) is 16.5 Å². The summed E-state index contributed by atoms with van der Waals surface area (Å²) < 4.78 is 5.29. The normalized spacial score (nSPS) is 13.4. The summed E-state index contributed by atoms with van der Waals surface area (Å²) in [4.78, 5) is 0. The van der Waals surface area contributed by atoms with Crippen molar-refractivity contribution in [2.45, 2.75) is 39.8 Å². The first-order chi connectivity index (χ1) is 7.97. The van der Waals surface area contributed by atoms with E-state index in [1.807, 2.05) is 6.07 Å². The highest BCUT2D eigenvalue weighted by atomic mass is 16.3. The van der Waals surface area contributed by atoms with Crippen LogP contribution in [0.1, 0.15) is 38.7 Å². The SMILES string of the molecule is CC(C)(C)C(CCO)NCc1ccc(C#N)o1. The molecule has 0 saturated heterocycles. The zero-order valence-electron chi connectivity index (χ0n) is 10.7. The largest absolute Gasteiger partial charge is 0.449 e. The van der Waals surface area contributed by atoms with Gasteiger partial charge in [0.15, 0.2) is 0 Å². The maximum absolute atomic E-state index is 9.03. The molecule has 4 nitrogen and oxygen atoms in total. The van der Waals surface area contributed by atoms with Crippen molar-refractivity contribution in [3.05, 3.63) is 23.7 Å². The van der Waals surface area contributed by atoms with Crippen molar-refractivity contribution < 1.29 is 9.52 Å². The van der Waals surface area contributed by atoms with Crippen molar-refractivity contribution in [3.63, 3.8) is 0 Å². The predicted octanol–water partition coefficient (Wildman–Crippen LogP) is 2.04. The number of hydrogen-bond donors (Lipinski definition) is 2. The van der Waals surface area contributed by atoms with Crippen molar-refractivity contribution in [2.75, 3.05) is 6.61 Å². The monoisotopic (exact) mass is 236 g/mol. The van der Waals surface area contributed by atoms with Crippen molar-refractivity contribution in [3.8, 4) is 6.07 Å². The van der Waals surface area contributed by atoms with Gasteiger partial charge in [0.2, 0.25) is 5.76 Å². The van der Waals surface area contributed by atoms with E-state index < -0.39 is 0 Å². The molecule has 1 aromatic rings. The fourth-order valence-electron chi connectivity index (χ4n) is 1.73. The molecule has 0 saturated carbocycles. The van der Waals surface area contributed by atoms with Crippen LogP contribution < -0.4 is 5.32 Å². The van der Waals surface area contributed by atoms with Crippen molar-refractivity contribution in [1.29, 1.82) is 5.26 Å². The van der Waals surface area contributed by atoms with Crippen LogP contribution in [0.4, 0.5) is 0 Å². The van der Waals surface area contributed by atoms with Gasteiger partial charge in [0.1, 0.15) is 11.8 Å². The average molecular weight is 236 g/mol. The summed E-state index contributed by atoms with van der Waals surface area (Å²) in [6, 6.07) is 5.62. The summed E-state index contributed by atoms with van der Waals surface area (Å²) in [6.45, 7) is 7.12. The molecule has 94 valence electrons. The Morgan fingerprint density at radius 2 is 2.18 bits per heavy atom. The minimum atomic E-state index is 0.0768. The number of aliphatic hydroxyl groups excluding tert-OH is 1. The number of furan rings is 1. The molecule has 0 aromatic carbocycles. The number of nitrogens with zero attached hydrogens (tertiary/aromatic N) is 1. The minimum absolute atomic E-state index is 0.0768. The maximum atomic E-state index is 9.03. The standard InChI is InChI=1S/C13H20N2O2/c1-13(2,3)12(6-7-16)15-9-11-5-4-10(8-14)17-11/h4-5,12,15-16H,6-7,9H2,1-3H3. The Bertz CT molecular complexity index is 385.